The van der Waals surface area contributed by atoms with E-state index in [1.165, 1.54) is 24.3 Å². The van der Waals surface area contributed by atoms with E-state index in [9.17, 15) is 20.0 Å². The van der Waals surface area contributed by atoms with Crippen molar-refractivity contribution in [2.24, 2.45) is 0 Å². The van der Waals surface area contributed by atoms with Gasteiger partial charge in [-0.1, -0.05) is 23.7 Å². The van der Waals surface area contributed by atoms with Crippen LogP contribution in [0.4, 0.5) is 5.69 Å². The lowest BCUT2D eigenvalue weighted by Gasteiger charge is -1.99. The molecular weight excluding hydrogens is 458 g/mol. The van der Waals surface area contributed by atoms with Crippen molar-refractivity contribution in [2.45, 2.75) is 5.22 Å². The number of nitro benzene ring substituents is 1. The van der Waals surface area contributed by atoms with Gasteiger partial charge < -0.3 is 13.9 Å². The number of halogens is 1. The zero-order valence-electron chi connectivity index (χ0n) is 16.0. The van der Waals surface area contributed by atoms with E-state index in [0.29, 0.717) is 21.9 Å². The van der Waals surface area contributed by atoms with Crippen LogP contribution >= 0.6 is 23.4 Å². The summed E-state index contributed by atoms with van der Waals surface area (Å²) in [5, 5.41) is 28.9. The van der Waals surface area contributed by atoms with Crippen LogP contribution < -0.4 is 0 Å². The van der Waals surface area contributed by atoms with Crippen molar-refractivity contribution in [2.75, 3.05) is 0 Å². The maximum atomic E-state index is 11.7. The molecule has 1 N–H and O–H groups in total. The second-order valence-corrected chi connectivity index (χ2v) is 7.73. The van der Waals surface area contributed by atoms with Gasteiger partial charge in [-0.15, -0.1) is 10.2 Å². The molecule has 11 heteroatoms. The fourth-order valence-corrected chi connectivity index (χ4v) is 3.46. The number of carboxylic acid groups (broad SMARTS) is 1. The average Bonchev–Trinajstić information content (AvgIpc) is 3.44. The Hall–Kier alpha value is -3.89. The van der Waals surface area contributed by atoms with Gasteiger partial charge in [0.15, 0.2) is 0 Å². The van der Waals surface area contributed by atoms with Gasteiger partial charge in [-0.3, -0.25) is 10.1 Å². The van der Waals surface area contributed by atoms with Crippen LogP contribution in [-0.4, -0.2) is 26.2 Å². The first-order valence-electron chi connectivity index (χ1n) is 8.96. The topological polar surface area (TPSA) is 132 Å². The van der Waals surface area contributed by atoms with Gasteiger partial charge in [0.1, 0.15) is 16.4 Å². The third-order valence-electron chi connectivity index (χ3n) is 4.15. The Labute approximate surface area is 189 Å². The minimum Gasteiger partial charge on any atom is -0.477 e. The van der Waals surface area contributed by atoms with Gasteiger partial charge >= 0.3 is 5.97 Å². The molecule has 0 aliphatic heterocycles. The van der Waals surface area contributed by atoms with Crippen LogP contribution in [0, 0.1) is 10.1 Å². The van der Waals surface area contributed by atoms with Gasteiger partial charge in [-0.25, -0.2) is 4.79 Å². The summed E-state index contributed by atoms with van der Waals surface area (Å²) >= 11 is 6.63. The van der Waals surface area contributed by atoms with Gasteiger partial charge in [0.2, 0.25) is 5.89 Å². The number of aliphatic carboxylic acids is 1. The number of non-ortho nitro benzene ring substituents is 1. The third kappa shape index (κ3) is 4.88. The van der Waals surface area contributed by atoms with Crippen molar-refractivity contribution >= 4 is 41.1 Å². The Morgan fingerprint density at radius 2 is 1.84 bits per heavy atom. The molecule has 0 unspecified atom stereocenters. The zero-order valence-corrected chi connectivity index (χ0v) is 17.5. The molecule has 0 fully saturated rings. The lowest BCUT2D eigenvalue weighted by molar-refractivity contribution is -0.384. The van der Waals surface area contributed by atoms with E-state index in [1.807, 2.05) is 0 Å². The Morgan fingerprint density at radius 1 is 1.06 bits per heavy atom. The molecule has 2 aromatic heterocycles. The molecule has 0 radical (unpaired) electrons. The van der Waals surface area contributed by atoms with Gasteiger partial charge in [0.25, 0.3) is 10.9 Å². The highest BCUT2D eigenvalue weighted by Gasteiger charge is 2.17. The summed E-state index contributed by atoms with van der Waals surface area (Å²) in [6.07, 6.45) is 1.31. The molecule has 4 aromatic rings. The number of carboxylic acids is 1. The molecule has 2 aromatic carbocycles. The molecule has 160 valence electrons. The molecule has 0 spiro atoms. The van der Waals surface area contributed by atoms with Gasteiger partial charge in [0.05, 0.1) is 4.92 Å². The smallest absolute Gasteiger partial charge is 0.342 e. The maximum absolute atomic E-state index is 11.7. The number of furan rings is 1. The van der Waals surface area contributed by atoms with Gasteiger partial charge in [-0.2, -0.15) is 0 Å². The van der Waals surface area contributed by atoms with E-state index in [1.54, 1.807) is 42.5 Å². The highest BCUT2D eigenvalue weighted by Crippen LogP contribution is 2.32. The molecule has 9 nitrogen and oxygen atoms in total. The number of hydrogen-bond donors (Lipinski definition) is 1. The summed E-state index contributed by atoms with van der Waals surface area (Å²) in [6, 6.07) is 15.8. The standard InChI is InChI=1S/C21H12ClN3O6S/c22-14-6-4-12(5-7-14)19-23-24-21(31-19)32-18(20(26)27)11-16-8-9-17(30-16)13-2-1-3-15(10-13)25(28)29/h1-11H,(H,26,27)/b18-11-. The van der Waals surface area contributed by atoms with E-state index in [-0.39, 0.29) is 27.5 Å². The van der Waals surface area contributed by atoms with Crippen LogP contribution in [0.25, 0.3) is 28.9 Å². The monoisotopic (exact) mass is 469 g/mol. The van der Waals surface area contributed by atoms with Crippen molar-refractivity contribution in [1.82, 2.24) is 10.2 Å². The summed E-state index contributed by atoms with van der Waals surface area (Å²) in [5.74, 6) is -0.388. The van der Waals surface area contributed by atoms with Crippen molar-refractivity contribution in [3.05, 3.63) is 86.5 Å². The number of nitro groups is 1. The van der Waals surface area contributed by atoms with Crippen molar-refractivity contribution < 1.29 is 23.7 Å². The van der Waals surface area contributed by atoms with Crippen LogP contribution in [0.5, 0.6) is 0 Å². The number of rotatable bonds is 7. The van der Waals surface area contributed by atoms with Crippen LogP contribution in [0.2, 0.25) is 5.02 Å². The number of hydrogen-bond acceptors (Lipinski definition) is 8. The second kappa shape index (κ2) is 9.08. The minimum absolute atomic E-state index is 0.0362. The normalized spacial score (nSPS) is 11.5. The highest BCUT2D eigenvalue weighted by molar-refractivity contribution is 8.03. The number of nitrogens with zero attached hydrogens (tertiary/aromatic N) is 3. The molecule has 0 saturated carbocycles. The Bertz CT molecular complexity index is 1330. The van der Waals surface area contributed by atoms with Crippen molar-refractivity contribution in [3.8, 4) is 22.8 Å². The van der Waals surface area contributed by atoms with Crippen LogP contribution in [-0.2, 0) is 4.79 Å². The minimum atomic E-state index is -1.21. The summed E-state index contributed by atoms with van der Waals surface area (Å²) in [6.45, 7) is 0. The average molecular weight is 470 g/mol. The number of aromatic nitrogens is 2. The third-order valence-corrected chi connectivity index (χ3v) is 5.25. The van der Waals surface area contributed by atoms with E-state index >= 15 is 0 Å². The molecule has 4 rings (SSSR count). The lowest BCUT2D eigenvalue weighted by Crippen LogP contribution is -1.96. The Kier molecular flexibility index (Phi) is 6.06. The fraction of sp³-hybridized carbons (Fsp3) is 0. The van der Waals surface area contributed by atoms with Crippen LogP contribution in [0.15, 0.2) is 79.6 Å². The van der Waals surface area contributed by atoms with Crippen LogP contribution in [0.3, 0.4) is 0 Å². The van der Waals surface area contributed by atoms with Crippen LogP contribution in [0.1, 0.15) is 5.76 Å². The molecule has 0 amide bonds. The second-order valence-electron chi connectivity index (χ2n) is 6.31. The number of thioether (sulfide) groups is 1. The summed E-state index contributed by atoms with van der Waals surface area (Å²) in [7, 11) is 0. The maximum Gasteiger partial charge on any atom is 0.342 e. The molecule has 0 bridgehead atoms. The van der Waals surface area contributed by atoms with E-state index in [0.717, 1.165) is 11.8 Å². The Morgan fingerprint density at radius 3 is 2.56 bits per heavy atom. The molecule has 0 aliphatic rings. The molecule has 0 atom stereocenters. The first-order chi connectivity index (χ1) is 15.4. The van der Waals surface area contributed by atoms with E-state index < -0.39 is 10.9 Å². The SMILES string of the molecule is O=C(O)/C(=C/c1ccc(-c2cccc([N+](=O)[O-])c2)o1)Sc1nnc(-c2ccc(Cl)cc2)o1. The summed E-state index contributed by atoms with van der Waals surface area (Å²) in [4.78, 5) is 22.1. The predicted octanol–water partition coefficient (Wildman–Crippen LogP) is 5.78. The van der Waals surface area contributed by atoms with E-state index in [4.69, 9.17) is 20.4 Å². The number of carbonyl (C=O) groups is 1. The molecular formula is C21H12ClN3O6S. The quantitative estimate of drug-likeness (QED) is 0.155. The summed E-state index contributed by atoms with van der Waals surface area (Å²) in [5.41, 5.74) is 1.06. The molecule has 0 aliphatic carbocycles. The van der Waals surface area contributed by atoms with Gasteiger partial charge in [0, 0.05) is 34.4 Å². The predicted molar refractivity (Wildman–Crippen MR) is 117 cm³/mol. The largest absolute Gasteiger partial charge is 0.477 e. The molecule has 0 saturated heterocycles. The zero-order chi connectivity index (χ0) is 22.7. The van der Waals surface area contributed by atoms with Gasteiger partial charge in [-0.05, 0) is 48.2 Å². The molecule has 2 heterocycles. The first-order valence-corrected chi connectivity index (χ1v) is 10.2. The first kappa shape index (κ1) is 21.3. The number of benzene rings is 2. The van der Waals surface area contributed by atoms with Crippen molar-refractivity contribution in [1.29, 1.82) is 0 Å². The van der Waals surface area contributed by atoms with Crippen molar-refractivity contribution in [3.63, 3.8) is 0 Å². The van der Waals surface area contributed by atoms with E-state index in [2.05, 4.69) is 10.2 Å². The summed E-state index contributed by atoms with van der Waals surface area (Å²) < 4.78 is 11.2. The lowest BCUT2D eigenvalue weighted by atomic mass is 10.1. The fourth-order valence-electron chi connectivity index (χ4n) is 2.68. The Balaban J connectivity index is 1.56. The highest BCUT2D eigenvalue weighted by atomic mass is 35.5. The molecule has 32 heavy (non-hydrogen) atoms.